The van der Waals surface area contributed by atoms with Crippen LogP contribution in [-0.4, -0.2) is 24.0 Å². The summed E-state index contributed by atoms with van der Waals surface area (Å²) in [5.74, 6) is -0.663. The van der Waals surface area contributed by atoms with Crippen LogP contribution in [0.4, 0.5) is 5.69 Å². The first kappa shape index (κ1) is 13.9. The Morgan fingerprint density at radius 3 is 2.53 bits per heavy atom. The maximum absolute atomic E-state index is 12.1. The van der Waals surface area contributed by atoms with Crippen LogP contribution in [0.3, 0.4) is 0 Å². The molecule has 0 spiro atoms. The number of amides is 1. The Kier molecular flexibility index (Phi) is 4.10. The molecule has 0 aromatic heterocycles. The van der Waals surface area contributed by atoms with E-state index >= 15 is 0 Å². The molecule has 102 valence electrons. The predicted molar refractivity (Wildman–Crippen MR) is 73.2 cm³/mol. The van der Waals surface area contributed by atoms with E-state index in [2.05, 4.69) is 0 Å². The van der Waals surface area contributed by atoms with Crippen LogP contribution in [0.5, 0.6) is 0 Å². The molecule has 1 saturated heterocycles. The molecular formula is C14H16ClNO3. The number of alkyl halides is 1. The van der Waals surface area contributed by atoms with Crippen molar-refractivity contribution in [2.45, 2.75) is 32.9 Å². The molecule has 19 heavy (non-hydrogen) atoms. The van der Waals surface area contributed by atoms with Gasteiger partial charge in [-0.1, -0.05) is 18.2 Å². The highest BCUT2D eigenvalue weighted by Gasteiger charge is 2.34. The fourth-order valence-corrected chi connectivity index (χ4v) is 2.50. The molecule has 5 heteroatoms. The highest BCUT2D eigenvalue weighted by molar-refractivity contribution is 6.29. The van der Waals surface area contributed by atoms with Crippen LogP contribution in [-0.2, 0) is 14.3 Å². The Balaban J connectivity index is 2.43. The van der Waals surface area contributed by atoms with Crippen molar-refractivity contribution in [2.24, 2.45) is 0 Å². The lowest BCUT2D eigenvalue weighted by molar-refractivity contribution is -0.142. The number of benzene rings is 1. The van der Waals surface area contributed by atoms with Crippen molar-refractivity contribution in [1.82, 2.24) is 0 Å². The Bertz CT molecular complexity index is 495. The number of hydrogen-bond acceptors (Lipinski definition) is 3. The summed E-state index contributed by atoms with van der Waals surface area (Å²) in [6, 6.07) is 5.78. The van der Waals surface area contributed by atoms with Gasteiger partial charge in [0.15, 0.2) is 6.23 Å². The predicted octanol–water partition coefficient (Wildman–Crippen LogP) is 2.54. The first-order chi connectivity index (χ1) is 9.04. The zero-order chi connectivity index (χ0) is 14.0. The Morgan fingerprint density at radius 1 is 1.42 bits per heavy atom. The number of rotatable bonds is 3. The zero-order valence-corrected chi connectivity index (χ0v) is 11.7. The highest BCUT2D eigenvalue weighted by Crippen LogP contribution is 2.30. The maximum Gasteiger partial charge on any atom is 0.307 e. The summed E-state index contributed by atoms with van der Waals surface area (Å²) in [5.41, 5.74) is 2.70. The van der Waals surface area contributed by atoms with Crippen LogP contribution in [0.15, 0.2) is 18.2 Å². The fraction of sp³-hybridized carbons (Fsp3) is 0.429. The molecule has 1 aromatic carbocycles. The van der Waals surface area contributed by atoms with Crippen molar-refractivity contribution in [1.29, 1.82) is 0 Å². The van der Waals surface area contributed by atoms with E-state index < -0.39 is 6.23 Å². The number of carbonyl (C=O) groups excluding carboxylic acids is 2. The number of hydrogen-bond donors (Lipinski definition) is 0. The molecule has 1 aromatic rings. The number of ether oxygens (including phenoxy) is 1. The number of aryl methyl sites for hydroxylation is 2. The summed E-state index contributed by atoms with van der Waals surface area (Å²) in [6.45, 7) is 3.85. The lowest BCUT2D eigenvalue weighted by atomic mass is 10.1. The van der Waals surface area contributed by atoms with E-state index in [0.29, 0.717) is 12.8 Å². The monoisotopic (exact) mass is 281 g/mol. The third-order valence-electron chi connectivity index (χ3n) is 3.21. The van der Waals surface area contributed by atoms with Gasteiger partial charge in [0.2, 0.25) is 5.91 Å². The molecule has 0 N–H and O–H groups in total. The molecule has 1 aliphatic heterocycles. The molecule has 0 bridgehead atoms. The molecule has 4 nitrogen and oxygen atoms in total. The largest absolute Gasteiger partial charge is 0.441 e. The van der Waals surface area contributed by atoms with Crippen LogP contribution >= 0.6 is 11.6 Å². The number of nitrogens with zero attached hydrogens (tertiary/aromatic N) is 1. The van der Waals surface area contributed by atoms with Crippen molar-refractivity contribution >= 4 is 29.2 Å². The van der Waals surface area contributed by atoms with Gasteiger partial charge in [-0.2, -0.15) is 0 Å². The number of cyclic esters (lactones) is 1. The second-order valence-electron chi connectivity index (χ2n) is 4.62. The van der Waals surface area contributed by atoms with E-state index in [4.69, 9.17) is 16.3 Å². The SMILES string of the molecule is Cc1cccc(C)c1N(C(=O)CCl)C1CCC(=O)O1. The molecule has 1 unspecified atom stereocenters. The normalized spacial score (nSPS) is 18.3. The minimum Gasteiger partial charge on any atom is -0.441 e. The number of carbonyl (C=O) groups is 2. The molecule has 0 aliphatic carbocycles. The molecule has 0 saturated carbocycles. The second kappa shape index (κ2) is 5.61. The minimum absolute atomic E-state index is 0.137. The van der Waals surface area contributed by atoms with Crippen molar-refractivity contribution in [3.8, 4) is 0 Å². The molecule has 1 amide bonds. The Morgan fingerprint density at radius 2 is 2.05 bits per heavy atom. The standard InChI is InChI=1S/C14H16ClNO3/c1-9-4-3-5-10(2)14(9)16(11(17)8-15)12-6-7-13(18)19-12/h3-5,12H,6-8H2,1-2H3. The third-order valence-corrected chi connectivity index (χ3v) is 3.44. The Labute approximate surface area is 117 Å². The lowest BCUT2D eigenvalue weighted by Crippen LogP contribution is -2.42. The van der Waals surface area contributed by atoms with Gasteiger partial charge in [0.05, 0.1) is 12.1 Å². The summed E-state index contributed by atoms with van der Waals surface area (Å²) in [4.78, 5) is 24.9. The molecular weight excluding hydrogens is 266 g/mol. The topological polar surface area (TPSA) is 46.6 Å². The van der Waals surface area contributed by atoms with Gasteiger partial charge in [0, 0.05) is 6.42 Å². The Hall–Kier alpha value is -1.55. The minimum atomic E-state index is -0.543. The van der Waals surface area contributed by atoms with Crippen LogP contribution < -0.4 is 4.90 Å². The fourth-order valence-electron chi connectivity index (χ4n) is 2.37. The van der Waals surface area contributed by atoms with Gasteiger partial charge < -0.3 is 4.74 Å². The van der Waals surface area contributed by atoms with E-state index in [9.17, 15) is 9.59 Å². The van der Waals surface area contributed by atoms with Crippen molar-refractivity contribution in [3.63, 3.8) is 0 Å². The number of para-hydroxylation sites is 1. The summed E-state index contributed by atoms with van der Waals surface area (Å²) in [6.07, 6.45) is 0.301. The van der Waals surface area contributed by atoms with E-state index in [0.717, 1.165) is 16.8 Å². The first-order valence-corrected chi connectivity index (χ1v) is 6.71. The van der Waals surface area contributed by atoms with Crippen LogP contribution in [0.25, 0.3) is 0 Å². The van der Waals surface area contributed by atoms with E-state index in [1.165, 1.54) is 4.90 Å². The summed E-state index contributed by atoms with van der Waals surface area (Å²) < 4.78 is 5.22. The van der Waals surface area contributed by atoms with E-state index in [1.54, 1.807) is 0 Å². The van der Waals surface area contributed by atoms with Gasteiger partial charge in [-0.05, 0) is 25.0 Å². The lowest BCUT2D eigenvalue weighted by Gasteiger charge is -2.29. The molecule has 2 rings (SSSR count). The summed E-state index contributed by atoms with van der Waals surface area (Å²) in [7, 11) is 0. The van der Waals surface area contributed by atoms with Crippen LogP contribution in [0.2, 0.25) is 0 Å². The zero-order valence-electron chi connectivity index (χ0n) is 11.0. The molecule has 1 aliphatic rings. The van der Waals surface area contributed by atoms with Crippen molar-refractivity contribution in [3.05, 3.63) is 29.3 Å². The molecule has 1 heterocycles. The average Bonchev–Trinajstić information content (AvgIpc) is 2.79. The van der Waals surface area contributed by atoms with E-state index in [-0.39, 0.29) is 17.8 Å². The van der Waals surface area contributed by atoms with Gasteiger partial charge >= 0.3 is 5.97 Å². The second-order valence-corrected chi connectivity index (χ2v) is 4.89. The number of esters is 1. The average molecular weight is 282 g/mol. The van der Waals surface area contributed by atoms with Crippen LogP contribution in [0.1, 0.15) is 24.0 Å². The third kappa shape index (κ3) is 2.73. The van der Waals surface area contributed by atoms with Gasteiger partial charge in [-0.25, -0.2) is 0 Å². The first-order valence-electron chi connectivity index (χ1n) is 6.18. The maximum atomic E-state index is 12.1. The van der Waals surface area contributed by atoms with Gasteiger partial charge in [0.25, 0.3) is 0 Å². The van der Waals surface area contributed by atoms with E-state index in [1.807, 2.05) is 32.0 Å². The molecule has 0 radical (unpaired) electrons. The summed E-state index contributed by atoms with van der Waals surface area (Å²) in [5, 5.41) is 0. The van der Waals surface area contributed by atoms with Gasteiger partial charge in [-0.3, -0.25) is 14.5 Å². The highest BCUT2D eigenvalue weighted by atomic mass is 35.5. The van der Waals surface area contributed by atoms with Gasteiger partial charge in [0.1, 0.15) is 5.88 Å². The smallest absolute Gasteiger partial charge is 0.307 e. The van der Waals surface area contributed by atoms with Gasteiger partial charge in [-0.15, -0.1) is 11.6 Å². The molecule has 1 atom stereocenters. The quantitative estimate of drug-likeness (QED) is 0.632. The van der Waals surface area contributed by atoms with Crippen LogP contribution in [0, 0.1) is 13.8 Å². The van der Waals surface area contributed by atoms with Crippen molar-refractivity contribution in [2.75, 3.05) is 10.8 Å². The number of anilines is 1. The van der Waals surface area contributed by atoms with Crippen molar-refractivity contribution < 1.29 is 14.3 Å². The number of halogens is 1. The molecule has 1 fully saturated rings. The summed E-state index contributed by atoms with van der Waals surface area (Å²) >= 11 is 5.68.